The highest BCUT2D eigenvalue weighted by atomic mass is 16.2. The fourth-order valence-corrected chi connectivity index (χ4v) is 3.61. The number of nitrogens with zero attached hydrogens (tertiary/aromatic N) is 4. The van der Waals surface area contributed by atoms with Crippen molar-refractivity contribution in [3.8, 4) is 0 Å². The number of hydrogen-bond donors (Lipinski definition) is 1. The van der Waals surface area contributed by atoms with Gasteiger partial charge in [0.1, 0.15) is 0 Å². The summed E-state index contributed by atoms with van der Waals surface area (Å²) in [5.74, 6) is 0.288. The second kappa shape index (κ2) is 8.82. The highest BCUT2D eigenvalue weighted by Crippen LogP contribution is 2.22. The number of aromatic nitrogens is 2. The Hall–Kier alpha value is -2.96. The topological polar surface area (TPSA) is 78.4 Å². The summed E-state index contributed by atoms with van der Waals surface area (Å²) in [7, 11) is 1.69. The molecule has 0 spiro atoms. The van der Waals surface area contributed by atoms with Crippen LogP contribution in [0, 0.1) is 19.8 Å². The number of hydrogen-bond acceptors (Lipinski definition) is 5. The number of amides is 2. The number of piperidine rings is 1. The van der Waals surface area contributed by atoms with Crippen LogP contribution in [0.4, 0.5) is 11.6 Å². The number of anilines is 2. The molecule has 0 bridgehead atoms. The first-order chi connectivity index (χ1) is 13.5. The van der Waals surface area contributed by atoms with Gasteiger partial charge in [0.05, 0.1) is 12.5 Å². The van der Waals surface area contributed by atoms with Gasteiger partial charge in [-0.15, -0.1) is 0 Å². The van der Waals surface area contributed by atoms with E-state index in [-0.39, 0.29) is 24.3 Å². The monoisotopic (exact) mass is 381 g/mol. The average molecular weight is 381 g/mol. The van der Waals surface area contributed by atoms with E-state index in [1.54, 1.807) is 25.5 Å². The average Bonchev–Trinajstić information content (AvgIpc) is 2.71. The zero-order chi connectivity index (χ0) is 20.1. The first-order valence-corrected chi connectivity index (χ1v) is 9.58. The minimum absolute atomic E-state index is 0.0164. The first kappa shape index (κ1) is 19.8. The number of likely N-dealkylation sites (N-methyl/N-ethyl adjacent to an activating group) is 1. The number of rotatable bonds is 5. The van der Waals surface area contributed by atoms with E-state index in [1.165, 1.54) is 4.90 Å². The highest BCUT2D eigenvalue weighted by molar-refractivity contribution is 5.96. The molecule has 3 rings (SSSR count). The molecule has 2 heterocycles. The second-order valence-corrected chi connectivity index (χ2v) is 7.34. The van der Waals surface area contributed by atoms with Gasteiger partial charge >= 0.3 is 0 Å². The predicted octanol–water partition coefficient (Wildman–Crippen LogP) is 2.41. The van der Waals surface area contributed by atoms with Crippen molar-refractivity contribution < 1.29 is 9.59 Å². The smallest absolute Gasteiger partial charge is 0.243 e. The Labute approximate surface area is 165 Å². The van der Waals surface area contributed by atoms with Gasteiger partial charge < -0.3 is 15.1 Å². The molecule has 1 N–H and O–H groups in total. The van der Waals surface area contributed by atoms with Crippen LogP contribution < -0.4 is 10.2 Å². The van der Waals surface area contributed by atoms with Crippen LogP contribution in [0.25, 0.3) is 0 Å². The van der Waals surface area contributed by atoms with Gasteiger partial charge in [-0.25, -0.2) is 9.97 Å². The standard InChI is InChI=1S/C21H27N5O2/c1-15-7-4-8-16(2)19(15)24-18(27)14-25(3)20(28)17-9-5-12-26(13-17)21-22-10-6-11-23-21/h4,6-8,10-11,17H,5,9,12-14H2,1-3H3,(H,24,27). The Kier molecular flexibility index (Phi) is 6.23. The Balaban J connectivity index is 1.58. The van der Waals surface area contributed by atoms with E-state index < -0.39 is 0 Å². The van der Waals surface area contributed by atoms with E-state index in [9.17, 15) is 9.59 Å². The summed E-state index contributed by atoms with van der Waals surface area (Å²) in [5.41, 5.74) is 2.83. The van der Waals surface area contributed by atoms with Crippen LogP contribution in [0.15, 0.2) is 36.7 Å². The summed E-state index contributed by atoms with van der Waals surface area (Å²) in [5, 5.41) is 2.94. The van der Waals surface area contributed by atoms with Gasteiger partial charge in [0.25, 0.3) is 0 Å². The van der Waals surface area contributed by atoms with Crippen molar-refractivity contribution in [3.63, 3.8) is 0 Å². The summed E-state index contributed by atoms with van der Waals surface area (Å²) < 4.78 is 0. The fraction of sp³-hybridized carbons (Fsp3) is 0.429. The summed E-state index contributed by atoms with van der Waals surface area (Å²) in [6.07, 6.45) is 5.12. The summed E-state index contributed by atoms with van der Waals surface area (Å²) in [4.78, 5) is 37.5. The minimum atomic E-state index is -0.188. The SMILES string of the molecule is Cc1cccc(C)c1NC(=O)CN(C)C(=O)C1CCCN(c2ncccn2)C1. The lowest BCUT2D eigenvalue weighted by Crippen LogP contribution is -2.46. The van der Waals surface area contributed by atoms with Crippen molar-refractivity contribution in [2.75, 3.05) is 36.9 Å². The first-order valence-electron chi connectivity index (χ1n) is 9.58. The molecule has 1 fully saturated rings. The molecule has 0 aliphatic carbocycles. The number of aryl methyl sites for hydroxylation is 2. The van der Waals surface area contributed by atoms with Gasteiger partial charge in [-0.1, -0.05) is 18.2 Å². The summed E-state index contributed by atoms with van der Waals surface area (Å²) in [6.45, 7) is 5.36. The fourth-order valence-electron chi connectivity index (χ4n) is 3.61. The van der Waals surface area contributed by atoms with Crippen molar-refractivity contribution >= 4 is 23.5 Å². The molecule has 1 aromatic carbocycles. The zero-order valence-corrected chi connectivity index (χ0v) is 16.7. The third kappa shape index (κ3) is 4.65. The van der Waals surface area contributed by atoms with E-state index in [0.29, 0.717) is 12.5 Å². The van der Waals surface area contributed by atoms with Crippen molar-refractivity contribution in [3.05, 3.63) is 47.8 Å². The molecule has 7 nitrogen and oxygen atoms in total. The molecule has 2 aromatic rings. The molecule has 1 saturated heterocycles. The molecule has 0 radical (unpaired) electrons. The predicted molar refractivity (Wildman–Crippen MR) is 109 cm³/mol. The largest absolute Gasteiger partial charge is 0.340 e. The van der Waals surface area contributed by atoms with Gasteiger partial charge in [0.2, 0.25) is 17.8 Å². The van der Waals surface area contributed by atoms with Gasteiger partial charge in [-0.2, -0.15) is 0 Å². The van der Waals surface area contributed by atoms with Gasteiger partial charge in [-0.3, -0.25) is 9.59 Å². The third-order valence-corrected chi connectivity index (χ3v) is 5.11. The molecule has 1 aliphatic heterocycles. The minimum Gasteiger partial charge on any atom is -0.340 e. The molecular weight excluding hydrogens is 354 g/mol. The van der Waals surface area contributed by atoms with E-state index in [2.05, 4.69) is 15.3 Å². The molecule has 1 unspecified atom stereocenters. The Morgan fingerprint density at radius 1 is 1.18 bits per heavy atom. The number of carbonyl (C=O) groups excluding carboxylic acids is 2. The van der Waals surface area contributed by atoms with Crippen molar-refractivity contribution in [2.24, 2.45) is 5.92 Å². The maximum Gasteiger partial charge on any atom is 0.243 e. The number of benzene rings is 1. The van der Waals surface area contributed by atoms with E-state index in [4.69, 9.17) is 0 Å². The van der Waals surface area contributed by atoms with Crippen LogP contribution in [-0.2, 0) is 9.59 Å². The van der Waals surface area contributed by atoms with E-state index >= 15 is 0 Å². The Morgan fingerprint density at radius 2 is 1.86 bits per heavy atom. The number of nitrogens with one attached hydrogen (secondary N) is 1. The number of carbonyl (C=O) groups is 2. The second-order valence-electron chi connectivity index (χ2n) is 7.34. The van der Waals surface area contributed by atoms with E-state index in [1.807, 2.05) is 36.9 Å². The molecule has 1 aromatic heterocycles. The zero-order valence-electron chi connectivity index (χ0n) is 16.7. The summed E-state index contributed by atoms with van der Waals surface area (Å²) >= 11 is 0. The normalized spacial score (nSPS) is 16.5. The summed E-state index contributed by atoms with van der Waals surface area (Å²) in [6, 6.07) is 7.65. The Morgan fingerprint density at radius 3 is 2.54 bits per heavy atom. The molecule has 1 aliphatic rings. The van der Waals surface area contributed by atoms with Crippen LogP contribution in [0.1, 0.15) is 24.0 Å². The van der Waals surface area contributed by atoms with Crippen molar-refractivity contribution in [2.45, 2.75) is 26.7 Å². The maximum atomic E-state index is 12.9. The number of para-hydroxylation sites is 1. The third-order valence-electron chi connectivity index (χ3n) is 5.11. The Bertz CT molecular complexity index is 820. The maximum absolute atomic E-state index is 12.9. The highest BCUT2D eigenvalue weighted by Gasteiger charge is 2.29. The van der Waals surface area contributed by atoms with Crippen molar-refractivity contribution in [1.82, 2.24) is 14.9 Å². The lowest BCUT2D eigenvalue weighted by atomic mass is 9.97. The lowest BCUT2D eigenvalue weighted by molar-refractivity contribution is -0.137. The quantitative estimate of drug-likeness (QED) is 0.860. The van der Waals surface area contributed by atoms with Gasteiger partial charge in [-0.05, 0) is 43.9 Å². The van der Waals surface area contributed by atoms with Crippen LogP contribution in [0.5, 0.6) is 0 Å². The molecule has 0 saturated carbocycles. The molecule has 148 valence electrons. The molecular formula is C21H27N5O2. The van der Waals surface area contributed by atoms with Gasteiger partial charge in [0, 0.05) is 38.2 Å². The van der Waals surface area contributed by atoms with Crippen LogP contribution in [-0.4, -0.2) is 53.4 Å². The van der Waals surface area contributed by atoms with Crippen LogP contribution in [0.3, 0.4) is 0 Å². The molecule has 28 heavy (non-hydrogen) atoms. The molecule has 7 heteroatoms. The van der Waals surface area contributed by atoms with Crippen molar-refractivity contribution in [1.29, 1.82) is 0 Å². The van der Waals surface area contributed by atoms with Gasteiger partial charge in [0.15, 0.2) is 0 Å². The van der Waals surface area contributed by atoms with Crippen LogP contribution >= 0.6 is 0 Å². The lowest BCUT2D eigenvalue weighted by Gasteiger charge is -2.33. The molecule has 2 amide bonds. The molecule has 1 atom stereocenters. The van der Waals surface area contributed by atoms with E-state index in [0.717, 1.165) is 36.2 Å². The van der Waals surface area contributed by atoms with Crippen LogP contribution in [0.2, 0.25) is 0 Å².